The van der Waals surface area contributed by atoms with Crippen LogP contribution in [0.1, 0.15) is 26.2 Å². The Bertz CT molecular complexity index is 541. The van der Waals surface area contributed by atoms with E-state index in [1.165, 1.54) is 12.8 Å². The van der Waals surface area contributed by atoms with Gasteiger partial charge in [0.05, 0.1) is 16.1 Å². The molecule has 1 aromatic carbocycles. The summed E-state index contributed by atoms with van der Waals surface area (Å²) in [5, 5.41) is 0.734. The summed E-state index contributed by atoms with van der Waals surface area (Å²) in [4.78, 5) is 3.17. The number of para-hydroxylation sites is 1. The molecule has 86 valence electrons. The van der Waals surface area contributed by atoms with E-state index in [0.29, 0.717) is 0 Å². The highest BCUT2D eigenvalue weighted by molar-refractivity contribution is 7.71. The molecule has 1 N–H and O–H groups in total. The third kappa shape index (κ3) is 2.15. The second kappa shape index (κ2) is 5.02. The van der Waals surface area contributed by atoms with Crippen molar-refractivity contribution < 1.29 is 0 Å². The molecule has 0 aliphatic heterocycles. The largest absolute Gasteiger partial charge is 0.329 e. The number of H-pyrrole nitrogens is 1. The fourth-order valence-corrected chi connectivity index (χ4v) is 2.40. The van der Waals surface area contributed by atoms with Crippen molar-refractivity contribution in [3.05, 3.63) is 28.0 Å². The van der Waals surface area contributed by atoms with Gasteiger partial charge in [-0.1, -0.05) is 37.4 Å². The van der Waals surface area contributed by atoms with E-state index in [9.17, 15) is 0 Å². The van der Waals surface area contributed by atoms with Crippen molar-refractivity contribution in [2.75, 3.05) is 0 Å². The average Bonchev–Trinajstić information content (AvgIpc) is 2.58. The van der Waals surface area contributed by atoms with Gasteiger partial charge in [0.15, 0.2) is 4.77 Å². The number of fused-ring (bicyclic) bond motifs is 1. The van der Waals surface area contributed by atoms with Crippen molar-refractivity contribution in [3.8, 4) is 0 Å². The van der Waals surface area contributed by atoms with Gasteiger partial charge < -0.3 is 9.55 Å². The Morgan fingerprint density at radius 2 is 2.19 bits per heavy atom. The van der Waals surface area contributed by atoms with Crippen LogP contribution < -0.4 is 0 Å². The first-order valence-corrected chi connectivity index (χ1v) is 6.39. The summed E-state index contributed by atoms with van der Waals surface area (Å²) < 4.78 is 2.89. The van der Waals surface area contributed by atoms with Crippen molar-refractivity contribution in [1.29, 1.82) is 0 Å². The number of aromatic nitrogens is 2. The lowest BCUT2D eigenvalue weighted by Gasteiger charge is -2.03. The van der Waals surface area contributed by atoms with Gasteiger partial charge in [-0.05, 0) is 30.8 Å². The highest BCUT2D eigenvalue weighted by Crippen LogP contribution is 2.22. The van der Waals surface area contributed by atoms with E-state index in [2.05, 4.69) is 22.5 Å². The molecular formula is C12H15ClN2S. The zero-order valence-electron chi connectivity index (χ0n) is 9.29. The minimum absolute atomic E-state index is 0.734. The van der Waals surface area contributed by atoms with Crippen LogP contribution in [-0.4, -0.2) is 9.55 Å². The summed E-state index contributed by atoms with van der Waals surface area (Å²) in [6.45, 7) is 3.17. The fraction of sp³-hybridized carbons (Fsp3) is 0.417. The second-order valence-electron chi connectivity index (χ2n) is 3.92. The molecule has 0 spiro atoms. The van der Waals surface area contributed by atoms with Crippen LogP contribution in [-0.2, 0) is 6.54 Å². The number of rotatable bonds is 4. The molecule has 0 unspecified atom stereocenters. The Kier molecular flexibility index (Phi) is 3.66. The molecule has 4 heteroatoms. The summed E-state index contributed by atoms with van der Waals surface area (Å²) in [7, 11) is 0. The van der Waals surface area contributed by atoms with Gasteiger partial charge in [-0.15, -0.1) is 0 Å². The second-order valence-corrected chi connectivity index (χ2v) is 4.72. The maximum absolute atomic E-state index is 6.11. The van der Waals surface area contributed by atoms with Gasteiger partial charge in [0, 0.05) is 6.54 Å². The van der Waals surface area contributed by atoms with E-state index < -0.39 is 0 Å². The van der Waals surface area contributed by atoms with Crippen molar-refractivity contribution in [2.24, 2.45) is 0 Å². The van der Waals surface area contributed by atoms with Gasteiger partial charge in [-0.2, -0.15) is 0 Å². The Hall–Kier alpha value is -0.800. The highest BCUT2D eigenvalue weighted by Gasteiger charge is 2.06. The van der Waals surface area contributed by atoms with Crippen molar-refractivity contribution in [3.63, 3.8) is 0 Å². The summed E-state index contributed by atoms with van der Waals surface area (Å²) in [5.41, 5.74) is 2.05. The van der Waals surface area contributed by atoms with E-state index in [1.807, 2.05) is 12.1 Å². The number of nitrogens with one attached hydrogen (secondary N) is 1. The number of hydrogen-bond donors (Lipinski definition) is 1. The Balaban J connectivity index is 2.40. The predicted octanol–water partition coefficient (Wildman–Crippen LogP) is 4.54. The van der Waals surface area contributed by atoms with Crippen LogP contribution >= 0.6 is 23.8 Å². The number of nitrogens with zero attached hydrogens (tertiary/aromatic N) is 1. The summed E-state index contributed by atoms with van der Waals surface area (Å²) in [6, 6.07) is 5.90. The standard InChI is InChI=1S/C12H15ClN2S/c1-2-3-4-8-15-10-7-5-6-9(13)11(10)14-12(15)16/h5-7H,2-4,8H2,1H3,(H,14,16). The molecule has 0 bridgehead atoms. The topological polar surface area (TPSA) is 20.7 Å². The molecule has 0 aliphatic rings. The van der Waals surface area contributed by atoms with Gasteiger partial charge in [-0.25, -0.2) is 0 Å². The molecule has 2 rings (SSSR count). The van der Waals surface area contributed by atoms with Crippen LogP contribution in [0.25, 0.3) is 11.0 Å². The monoisotopic (exact) mass is 254 g/mol. The van der Waals surface area contributed by atoms with Gasteiger partial charge in [-0.3, -0.25) is 0 Å². The van der Waals surface area contributed by atoms with Gasteiger partial charge in [0.2, 0.25) is 0 Å². The third-order valence-electron chi connectivity index (χ3n) is 2.74. The first kappa shape index (κ1) is 11.7. The zero-order chi connectivity index (χ0) is 11.5. The fourth-order valence-electron chi connectivity index (χ4n) is 1.89. The molecule has 0 aliphatic carbocycles. The van der Waals surface area contributed by atoms with Crippen LogP contribution in [0.2, 0.25) is 5.02 Å². The number of halogens is 1. The lowest BCUT2D eigenvalue weighted by atomic mass is 10.2. The molecular weight excluding hydrogens is 240 g/mol. The number of imidazole rings is 1. The summed E-state index contributed by atoms with van der Waals surface area (Å²) in [5.74, 6) is 0. The number of hydrogen-bond acceptors (Lipinski definition) is 1. The number of aromatic amines is 1. The zero-order valence-corrected chi connectivity index (χ0v) is 10.9. The Labute approximate surface area is 105 Å². The van der Waals surface area contributed by atoms with Crippen molar-refractivity contribution >= 4 is 34.9 Å². The molecule has 2 aromatic rings. The van der Waals surface area contributed by atoms with Gasteiger partial charge in [0.1, 0.15) is 0 Å². The Morgan fingerprint density at radius 1 is 1.38 bits per heavy atom. The van der Waals surface area contributed by atoms with Gasteiger partial charge >= 0.3 is 0 Å². The highest BCUT2D eigenvalue weighted by atomic mass is 35.5. The van der Waals surface area contributed by atoms with E-state index in [4.69, 9.17) is 23.8 Å². The average molecular weight is 255 g/mol. The van der Waals surface area contributed by atoms with Crippen LogP contribution in [0.4, 0.5) is 0 Å². The van der Waals surface area contributed by atoms with E-state index in [1.54, 1.807) is 0 Å². The molecule has 2 nitrogen and oxygen atoms in total. The number of aryl methyl sites for hydroxylation is 1. The van der Waals surface area contributed by atoms with Crippen molar-refractivity contribution in [2.45, 2.75) is 32.7 Å². The predicted molar refractivity (Wildman–Crippen MR) is 71.7 cm³/mol. The first-order chi connectivity index (χ1) is 7.74. The normalized spacial score (nSPS) is 11.1. The van der Waals surface area contributed by atoms with E-state index in [0.717, 1.165) is 33.8 Å². The summed E-state index contributed by atoms with van der Waals surface area (Å²) >= 11 is 11.4. The molecule has 0 amide bonds. The summed E-state index contributed by atoms with van der Waals surface area (Å²) in [6.07, 6.45) is 3.61. The first-order valence-electron chi connectivity index (χ1n) is 5.61. The van der Waals surface area contributed by atoms with Crippen LogP contribution in [0.15, 0.2) is 18.2 Å². The maximum atomic E-state index is 6.11. The third-order valence-corrected chi connectivity index (χ3v) is 3.38. The van der Waals surface area contributed by atoms with Crippen LogP contribution in [0.3, 0.4) is 0 Å². The Morgan fingerprint density at radius 3 is 2.94 bits per heavy atom. The van der Waals surface area contributed by atoms with E-state index >= 15 is 0 Å². The number of unbranched alkanes of at least 4 members (excludes halogenated alkanes) is 2. The molecule has 0 radical (unpaired) electrons. The molecule has 1 aromatic heterocycles. The molecule has 0 atom stereocenters. The van der Waals surface area contributed by atoms with Crippen LogP contribution in [0, 0.1) is 4.77 Å². The minimum atomic E-state index is 0.734. The lowest BCUT2D eigenvalue weighted by molar-refractivity contribution is 0.608. The molecule has 0 saturated carbocycles. The molecule has 1 heterocycles. The quantitative estimate of drug-likeness (QED) is 0.627. The molecule has 16 heavy (non-hydrogen) atoms. The van der Waals surface area contributed by atoms with E-state index in [-0.39, 0.29) is 0 Å². The molecule has 0 fully saturated rings. The van der Waals surface area contributed by atoms with Gasteiger partial charge in [0.25, 0.3) is 0 Å². The SMILES string of the molecule is CCCCCn1c(=S)[nH]c2c(Cl)cccc21. The van der Waals surface area contributed by atoms with Crippen LogP contribution in [0.5, 0.6) is 0 Å². The number of benzene rings is 1. The van der Waals surface area contributed by atoms with Crippen molar-refractivity contribution in [1.82, 2.24) is 9.55 Å². The molecule has 0 saturated heterocycles. The maximum Gasteiger partial charge on any atom is 0.178 e. The lowest BCUT2D eigenvalue weighted by Crippen LogP contribution is -1.97. The smallest absolute Gasteiger partial charge is 0.178 e. The minimum Gasteiger partial charge on any atom is -0.329 e.